The molecule has 0 unspecified atom stereocenters. The predicted octanol–water partition coefficient (Wildman–Crippen LogP) is 4.43. The van der Waals surface area contributed by atoms with Crippen molar-refractivity contribution in [1.29, 1.82) is 0 Å². The van der Waals surface area contributed by atoms with Gasteiger partial charge in [-0.2, -0.15) is 0 Å². The highest BCUT2D eigenvalue weighted by molar-refractivity contribution is 6.33. The summed E-state index contributed by atoms with van der Waals surface area (Å²) in [5.41, 5.74) is 2.80. The Bertz CT molecular complexity index is 865. The highest BCUT2D eigenvalue weighted by atomic mass is 35.5. The molecule has 3 rings (SSSR count). The fraction of sp³-hybridized carbons (Fsp3) is 0.0556. The number of benzene rings is 2. The van der Waals surface area contributed by atoms with Gasteiger partial charge in [0.1, 0.15) is 0 Å². The van der Waals surface area contributed by atoms with Crippen molar-refractivity contribution in [2.45, 2.75) is 6.92 Å². The summed E-state index contributed by atoms with van der Waals surface area (Å²) < 4.78 is 0. The monoisotopic (exact) mass is 338 g/mol. The fourth-order valence-electron chi connectivity index (χ4n) is 2.14. The van der Waals surface area contributed by atoms with Crippen LogP contribution >= 0.6 is 11.6 Å². The van der Waals surface area contributed by atoms with Gasteiger partial charge in [0.05, 0.1) is 10.7 Å². The normalized spacial score (nSPS) is 10.2. The molecular weight excluding hydrogens is 324 g/mol. The van der Waals surface area contributed by atoms with Crippen LogP contribution in [0.25, 0.3) is 0 Å². The third-order valence-electron chi connectivity index (χ3n) is 3.31. The van der Waals surface area contributed by atoms with Gasteiger partial charge in [0.15, 0.2) is 11.5 Å². The van der Waals surface area contributed by atoms with Crippen LogP contribution in [0.2, 0.25) is 5.02 Å². The number of halogens is 1. The summed E-state index contributed by atoms with van der Waals surface area (Å²) in [5, 5.41) is 14.3. The average molecular weight is 339 g/mol. The second-order valence-corrected chi connectivity index (χ2v) is 5.64. The first-order chi connectivity index (χ1) is 11.6. The van der Waals surface area contributed by atoms with Crippen molar-refractivity contribution in [3.63, 3.8) is 0 Å². The molecule has 0 aliphatic rings. The Morgan fingerprint density at radius 3 is 2.54 bits per heavy atom. The van der Waals surface area contributed by atoms with Crippen molar-refractivity contribution in [2.75, 3.05) is 10.6 Å². The lowest BCUT2D eigenvalue weighted by Gasteiger charge is -2.08. The van der Waals surface area contributed by atoms with Crippen molar-refractivity contribution in [1.82, 2.24) is 10.2 Å². The van der Waals surface area contributed by atoms with E-state index in [1.54, 1.807) is 36.4 Å². The minimum absolute atomic E-state index is 0.213. The molecule has 24 heavy (non-hydrogen) atoms. The second kappa shape index (κ2) is 7.10. The van der Waals surface area contributed by atoms with E-state index in [4.69, 9.17) is 11.6 Å². The molecule has 0 radical (unpaired) electrons. The second-order valence-electron chi connectivity index (χ2n) is 5.23. The molecule has 6 heteroatoms. The Balaban J connectivity index is 1.70. The highest BCUT2D eigenvalue weighted by Crippen LogP contribution is 2.21. The molecule has 1 amide bonds. The Morgan fingerprint density at radius 2 is 1.83 bits per heavy atom. The van der Waals surface area contributed by atoms with Crippen LogP contribution in [0.15, 0.2) is 60.7 Å². The first-order valence-corrected chi connectivity index (χ1v) is 7.73. The molecule has 5 nitrogen and oxygen atoms in total. The van der Waals surface area contributed by atoms with Crippen LogP contribution in [0.5, 0.6) is 0 Å². The van der Waals surface area contributed by atoms with Crippen molar-refractivity contribution in [3.05, 3.63) is 76.9 Å². The maximum Gasteiger partial charge on any atom is 0.276 e. The number of carbonyl (C=O) groups is 1. The van der Waals surface area contributed by atoms with E-state index in [0.29, 0.717) is 16.5 Å². The van der Waals surface area contributed by atoms with Crippen LogP contribution in [0.4, 0.5) is 17.2 Å². The van der Waals surface area contributed by atoms with E-state index in [0.717, 1.165) is 11.3 Å². The number of hydrogen-bond donors (Lipinski definition) is 2. The number of hydrogen-bond acceptors (Lipinski definition) is 4. The zero-order chi connectivity index (χ0) is 16.9. The number of amides is 1. The lowest BCUT2D eigenvalue weighted by Crippen LogP contribution is -2.14. The highest BCUT2D eigenvalue weighted by Gasteiger charge is 2.10. The first-order valence-electron chi connectivity index (χ1n) is 7.35. The van der Waals surface area contributed by atoms with Gasteiger partial charge in [0.2, 0.25) is 0 Å². The largest absolute Gasteiger partial charge is 0.339 e. The third kappa shape index (κ3) is 3.88. The van der Waals surface area contributed by atoms with E-state index >= 15 is 0 Å². The molecule has 1 aromatic heterocycles. The van der Waals surface area contributed by atoms with E-state index in [2.05, 4.69) is 20.8 Å². The Kier molecular flexibility index (Phi) is 4.72. The minimum Gasteiger partial charge on any atom is -0.339 e. The molecule has 120 valence electrons. The van der Waals surface area contributed by atoms with Gasteiger partial charge in [0, 0.05) is 5.69 Å². The molecule has 0 spiro atoms. The minimum atomic E-state index is -0.363. The summed E-state index contributed by atoms with van der Waals surface area (Å²) >= 11 is 6.02. The Hall–Kier alpha value is -2.92. The molecule has 0 aliphatic carbocycles. The van der Waals surface area contributed by atoms with Gasteiger partial charge in [-0.1, -0.05) is 35.9 Å². The molecular formula is C18H15ClN4O. The fourth-order valence-corrected chi connectivity index (χ4v) is 2.32. The van der Waals surface area contributed by atoms with E-state index in [9.17, 15) is 4.79 Å². The molecule has 0 saturated carbocycles. The van der Waals surface area contributed by atoms with Crippen LogP contribution < -0.4 is 10.6 Å². The number of rotatable bonds is 4. The van der Waals surface area contributed by atoms with Crippen LogP contribution in [0, 0.1) is 6.92 Å². The Morgan fingerprint density at radius 1 is 1.00 bits per heavy atom. The standard InChI is InChI=1S/C18H15ClN4O/c1-12-5-4-6-13(11-12)20-17-10-9-16(22-23-17)18(24)21-15-8-3-2-7-14(15)19/h2-11H,1H3,(H,20,23)(H,21,24). The van der Waals surface area contributed by atoms with E-state index in [-0.39, 0.29) is 11.6 Å². The molecule has 2 N–H and O–H groups in total. The third-order valence-corrected chi connectivity index (χ3v) is 3.64. The molecule has 2 aromatic carbocycles. The maximum absolute atomic E-state index is 12.2. The van der Waals surface area contributed by atoms with Gasteiger partial charge in [-0.05, 0) is 48.9 Å². The summed E-state index contributed by atoms with van der Waals surface area (Å²) in [5.74, 6) is 0.201. The van der Waals surface area contributed by atoms with Gasteiger partial charge in [-0.3, -0.25) is 4.79 Å². The van der Waals surface area contributed by atoms with Gasteiger partial charge in [0.25, 0.3) is 5.91 Å². The van der Waals surface area contributed by atoms with E-state index in [1.165, 1.54) is 0 Å². The van der Waals surface area contributed by atoms with Crippen LogP contribution in [0.1, 0.15) is 16.1 Å². The molecule has 3 aromatic rings. The average Bonchev–Trinajstić information content (AvgIpc) is 2.57. The van der Waals surface area contributed by atoms with Crippen molar-refractivity contribution in [3.8, 4) is 0 Å². The van der Waals surface area contributed by atoms with E-state index in [1.807, 2.05) is 31.2 Å². The van der Waals surface area contributed by atoms with Crippen LogP contribution in [-0.2, 0) is 0 Å². The van der Waals surface area contributed by atoms with Gasteiger partial charge in [-0.15, -0.1) is 10.2 Å². The van der Waals surface area contributed by atoms with Crippen LogP contribution in [0.3, 0.4) is 0 Å². The molecule has 0 saturated heterocycles. The molecule has 0 bridgehead atoms. The van der Waals surface area contributed by atoms with Crippen molar-refractivity contribution >= 4 is 34.7 Å². The quantitative estimate of drug-likeness (QED) is 0.738. The molecule has 1 heterocycles. The summed E-state index contributed by atoms with van der Waals surface area (Å²) in [6, 6.07) is 18.2. The number of nitrogens with one attached hydrogen (secondary N) is 2. The molecule has 0 fully saturated rings. The lowest BCUT2D eigenvalue weighted by atomic mass is 10.2. The number of para-hydroxylation sites is 1. The number of anilines is 3. The zero-order valence-electron chi connectivity index (χ0n) is 13.0. The van der Waals surface area contributed by atoms with Gasteiger partial charge < -0.3 is 10.6 Å². The zero-order valence-corrected chi connectivity index (χ0v) is 13.7. The first kappa shape index (κ1) is 16.0. The number of aryl methyl sites for hydroxylation is 1. The van der Waals surface area contributed by atoms with Crippen molar-refractivity contribution in [2.24, 2.45) is 0 Å². The summed E-state index contributed by atoms with van der Waals surface area (Å²) in [4.78, 5) is 12.2. The van der Waals surface area contributed by atoms with Crippen molar-refractivity contribution < 1.29 is 4.79 Å². The molecule has 0 atom stereocenters. The smallest absolute Gasteiger partial charge is 0.276 e. The Labute approximate surface area is 144 Å². The maximum atomic E-state index is 12.2. The molecule has 0 aliphatic heterocycles. The van der Waals surface area contributed by atoms with Crippen LogP contribution in [-0.4, -0.2) is 16.1 Å². The topological polar surface area (TPSA) is 66.9 Å². The summed E-state index contributed by atoms with van der Waals surface area (Å²) in [7, 11) is 0. The summed E-state index contributed by atoms with van der Waals surface area (Å²) in [6.07, 6.45) is 0. The van der Waals surface area contributed by atoms with E-state index < -0.39 is 0 Å². The number of nitrogens with zero attached hydrogens (tertiary/aromatic N) is 2. The van der Waals surface area contributed by atoms with Gasteiger partial charge in [-0.25, -0.2) is 0 Å². The predicted molar refractivity (Wildman–Crippen MR) is 95.9 cm³/mol. The SMILES string of the molecule is Cc1cccc(Nc2ccc(C(=O)Nc3ccccc3Cl)nn2)c1. The van der Waals surface area contributed by atoms with Gasteiger partial charge >= 0.3 is 0 Å². The lowest BCUT2D eigenvalue weighted by molar-refractivity contribution is 0.102. The number of carbonyl (C=O) groups excluding carboxylic acids is 1. The summed E-state index contributed by atoms with van der Waals surface area (Å²) in [6.45, 7) is 2.01. The number of aromatic nitrogens is 2.